The number of anilines is 1. The zero-order valence-corrected chi connectivity index (χ0v) is 16.1. The fourth-order valence-corrected chi connectivity index (χ4v) is 5.66. The van der Waals surface area contributed by atoms with Crippen LogP contribution in [0.5, 0.6) is 0 Å². The van der Waals surface area contributed by atoms with Crippen molar-refractivity contribution in [3.63, 3.8) is 0 Å². The van der Waals surface area contributed by atoms with Crippen molar-refractivity contribution in [3.05, 3.63) is 97.6 Å². The summed E-state index contributed by atoms with van der Waals surface area (Å²) < 4.78 is 1.84. The maximum absolute atomic E-state index is 4.24. The van der Waals surface area contributed by atoms with E-state index in [-0.39, 0.29) is 0 Å². The highest BCUT2D eigenvalue weighted by Gasteiger charge is 2.20. The third-order valence-electron chi connectivity index (χ3n) is 4.39. The Balaban J connectivity index is 1.79. The van der Waals surface area contributed by atoms with Gasteiger partial charge in [0.15, 0.2) is 0 Å². The normalized spacial score (nSPS) is 10.9. The van der Waals surface area contributed by atoms with Gasteiger partial charge in [-0.3, -0.25) is 0 Å². The summed E-state index contributed by atoms with van der Waals surface area (Å²) in [5, 5.41) is 8.28. The molecule has 5 heteroatoms. The van der Waals surface area contributed by atoms with Crippen LogP contribution in [-0.2, 0) is 6.67 Å². The minimum Gasteiger partial charge on any atom is -0.355 e. The molecule has 0 atom stereocenters. The Morgan fingerprint density at radius 3 is 2.00 bits per heavy atom. The summed E-state index contributed by atoms with van der Waals surface area (Å²) in [7, 11) is 1.45. The zero-order chi connectivity index (χ0) is 18.5. The number of benzene rings is 3. The predicted octanol–water partition coefficient (Wildman–Crippen LogP) is 3.13. The predicted molar refractivity (Wildman–Crippen MR) is 114 cm³/mol. The Bertz CT molecular complexity index is 932. The van der Waals surface area contributed by atoms with Gasteiger partial charge in [0.2, 0.25) is 0 Å². The molecule has 0 amide bonds. The molecule has 0 fully saturated rings. The fraction of sp³-hybridized carbons (Fsp3) is 0.0909. The molecule has 0 spiro atoms. The van der Waals surface area contributed by atoms with Crippen LogP contribution in [0.3, 0.4) is 0 Å². The van der Waals surface area contributed by atoms with E-state index in [4.69, 9.17) is 0 Å². The molecule has 1 aromatic heterocycles. The third-order valence-corrected chi connectivity index (χ3v) is 6.88. The topological polar surface area (TPSA) is 34.0 Å². The van der Waals surface area contributed by atoms with Gasteiger partial charge in [0.25, 0.3) is 0 Å². The van der Waals surface area contributed by atoms with Gasteiger partial charge in [-0.2, -0.15) is 5.10 Å². The Hall–Kier alpha value is -2.97. The summed E-state index contributed by atoms with van der Waals surface area (Å²) in [5.41, 5.74) is 1.21. The third kappa shape index (κ3) is 3.91. The highest BCUT2D eigenvalue weighted by molar-refractivity contribution is 7.80. The van der Waals surface area contributed by atoms with Crippen molar-refractivity contribution in [3.8, 4) is 0 Å². The monoisotopic (exact) mass is 372 g/mol. The summed E-state index contributed by atoms with van der Waals surface area (Å²) >= 11 is 0. The molecule has 134 valence electrons. The average molecular weight is 372 g/mol. The molecule has 0 bridgehead atoms. The van der Waals surface area contributed by atoms with Crippen molar-refractivity contribution in [1.29, 1.82) is 0 Å². The molecule has 0 aliphatic heterocycles. The van der Waals surface area contributed by atoms with Crippen LogP contribution in [0.2, 0.25) is 0 Å². The molecule has 0 saturated carbocycles. The second kappa shape index (κ2) is 8.15. The van der Waals surface area contributed by atoms with Crippen molar-refractivity contribution >= 4 is 29.5 Å². The van der Waals surface area contributed by atoms with Crippen molar-refractivity contribution in [2.45, 2.75) is 6.67 Å². The highest BCUT2D eigenvalue weighted by Crippen LogP contribution is 2.36. The van der Waals surface area contributed by atoms with Crippen LogP contribution in [0, 0.1) is 0 Å². The van der Waals surface area contributed by atoms with Crippen molar-refractivity contribution < 1.29 is 0 Å². The van der Waals surface area contributed by atoms with Gasteiger partial charge in [-0.25, -0.2) is 9.67 Å². The minimum atomic E-state index is -0.649. The largest absolute Gasteiger partial charge is 0.355 e. The molecular formula is C22H21N4P. The second-order valence-electron chi connectivity index (χ2n) is 6.27. The van der Waals surface area contributed by atoms with Gasteiger partial charge in [0, 0.05) is 18.0 Å². The van der Waals surface area contributed by atoms with E-state index in [0.29, 0.717) is 6.67 Å². The number of rotatable bonds is 6. The van der Waals surface area contributed by atoms with Crippen LogP contribution in [0.1, 0.15) is 0 Å². The molecule has 4 rings (SSSR count). The molecule has 4 aromatic rings. The van der Waals surface area contributed by atoms with Crippen LogP contribution in [0.15, 0.2) is 97.6 Å². The van der Waals surface area contributed by atoms with Crippen molar-refractivity contribution in [2.75, 3.05) is 11.9 Å². The molecule has 0 aliphatic carbocycles. The average Bonchev–Trinajstić information content (AvgIpc) is 3.23. The second-order valence-corrected chi connectivity index (χ2v) is 8.45. The van der Waals surface area contributed by atoms with Gasteiger partial charge in [0.05, 0.1) is 0 Å². The lowest BCUT2D eigenvalue weighted by Crippen LogP contribution is -2.29. The molecule has 1 heterocycles. The van der Waals surface area contributed by atoms with E-state index >= 15 is 0 Å². The van der Waals surface area contributed by atoms with Gasteiger partial charge in [0.1, 0.15) is 19.3 Å². The fourth-order valence-electron chi connectivity index (χ4n) is 3.16. The molecule has 0 N–H and O–H groups in total. The standard InChI is InChI=1S/C22H21N4P/c1-25(18-26-17-23-16-24-26)21-14-8-9-15-22(21)27(19-10-4-2-5-11-19)20-12-6-3-7-13-20/h2-17H,18H2,1H3. The lowest BCUT2D eigenvalue weighted by molar-refractivity contribution is 0.607. The van der Waals surface area contributed by atoms with Crippen molar-refractivity contribution in [2.24, 2.45) is 0 Å². The molecule has 4 nitrogen and oxygen atoms in total. The van der Waals surface area contributed by atoms with Crippen LogP contribution >= 0.6 is 7.92 Å². The first-order chi connectivity index (χ1) is 13.3. The van der Waals surface area contributed by atoms with E-state index in [1.807, 2.05) is 4.68 Å². The van der Waals surface area contributed by atoms with Crippen LogP contribution in [0.4, 0.5) is 5.69 Å². The maximum Gasteiger partial charge on any atom is 0.137 e. The SMILES string of the molecule is CN(Cn1cncn1)c1ccccc1P(c1ccccc1)c1ccccc1. The molecule has 3 aromatic carbocycles. The summed E-state index contributed by atoms with van der Waals surface area (Å²) in [5.74, 6) is 0. The van der Waals surface area contributed by atoms with Gasteiger partial charge in [-0.1, -0.05) is 78.9 Å². The minimum absolute atomic E-state index is 0.649. The van der Waals surface area contributed by atoms with Gasteiger partial charge >= 0.3 is 0 Å². The van der Waals surface area contributed by atoms with Gasteiger partial charge in [-0.05, 0) is 24.6 Å². The van der Waals surface area contributed by atoms with Gasteiger partial charge < -0.3 is 4.90 Å². The van der Waals surface area contributed by atoms with Crippen molar-refractivity contribution in [1.82, 2.24) is 14.8 Å². The van der Waals surface area contributed by atoms with E-state index in [0.717, 1.165) is 0 Å². The number of aromatic nitrogens is 3. The number of hydrogen-bond donors (Lipinski definition) is 0. The van der Waals surface area contributed by atoms with Gasteiger partial charge in [-0.15, -0.1) is 0 Å². The summed E-state index contributed by atoms with van der Waals surface area (Å²) in [6.07, 6.45) is 3.32. The lowest BCUT2D eigenvalue weighted by Gasteiger charge is -2.27. The number of nitrogens with zero attached hydrogens (tertiary/aromatic N) is 4. The van der Waals surface area contributed by atoms with E-state index < -0.39 is 7.92 Å². The Kier molecular flexibility index (Phi) is 5.27. The first-order valence-electron chi connectivity index (χ1n) is 8.86. The Morgan fingerprint density at radius 1 is 0.815 bits per heavy atom. The van der Waals surface area contributed by atoms with Crippen LogP contribution < -0.4 is 20.8 Å². The molecule has 0 unspecified atom stereocenters. The maximum atomic E-state index is 4.24. The van der Waals surface area contributed by atoms with E-state index in [1.54, 1.807) is 12.7 Å². The Labute approximate surface area is 160 Å². The quantitative estimate of drug-likeness (QED) is 0.488. The Morgan fingerprint density at radius 2 is 1.41 bits per heavy atom. The molecule has 0 aliphatic rings. The van der Waals surface area contributed by atoms with E-state index in [9.17, 15) is 0 Å². The summed E-state index contributed by atoms with van der Waals surface area (Å²) in [6.45, 7) is 0.657. The highest BCUT2D eigenvalue weighted by atomic mass is 31.1. The summed E-state index contributed by atoms with van der Waals surface area (Å²) in [4.78, 5) is 6.28. The first kappa shape index (κ1) is 17.4. The molecule has 0 radical (unpaired) electrons. The first-order valence-corrected chi connectivity index (χ1v) is 10.2. The van der Waals surface area contributed by atoms with E-state index in [1.165, 1.54) is 21.6 Å². The molecule has 0 saturated heterocycles. The number of para-hydroxylation sites is 1. The molecule has 27 heavy (non-hydrogen) atoms. The summed E-state index contributed by atoms with van der Waals surface area (Å²) in [6, 6.07) is 30.2. The molecular weight excluding hydrogens is 351 g/mol. The smallest absolute Gasteiger partial charge is 0.137 e. The lowest BCUT2D eigenvalue weighted by atomic mass is 10.3. The van der Waals surface area contributed by atoms with Crippen LogP contribution in [0.25, 0.3) is 0 Å². The van der Waals surface area contributed by atoms with E-state index in [2.05, 4.69) is 107 Å². The number of hydrogen-bond acceptors (Lipinski definition) is 3. The zero-order valence-electron chi connectivity index (χ0n) is 15.2. The van der Waals surface area contributed by atoms with Crippen LogP contribution in [-0.4, -0.2) is 21.8 Å².